The van der Waals surface area contributed by atoms with Crippen LogP contribution < -0.4 is 4.74 Å². The maximum absolute atomic E-state index is 5.31. The molecular formula is C17H22OS. The van der Waals surface area contributed by atoms with E-state index in [0.717, 1.165) is 5.75 Å². The third-order valence-electron chi connectivity index (χ3n) is 3.38. The molecule has 0 aliphatic rings. The van der Waals surface area contributed by atoms with Gasteiger partial charge >= 0.3 is 0 Å². The Balaban J connectivity index is 2.09. The number of benzene rings is 1. The quantitative estimate of drug-likeness (QED) is 0.602. The number of ether oxygens (including phenoxy) is 1. The van der Waals surface area contributed by atoms with Crippen molar-refractivity contribution in [3.8, 4) is 16.2 Å². The Morgan fingerprint density at radius 1 is 1.11 bits per heavy atom. The lowest BCUT2D eigenvalue weighted by molar-refractivity contribution is 0.415. The summed E-state index contributed by atoms with van der Waals surface area (Å²) in [6.07, 6.45) is 6.46. The first-order chi connectivity index (χ1) is 9.35. The van der Waals surface area contributed by atoms with E-state index >= 15 is 0 Å². The average molecular weight is 274 g/mol. The topological polar surface area (TPSA) is 9.23 Å². The van der Waals surface area contributed by atoms with E-state index in [9.17, 15) is 0 Å². The molecule has 0 unspecified atom stereocenters. The first-order valence-corrected chi connectivity index (χ1v) is 7.94. The molecule has 0 bridgehead atoms. The summed E-state index contributed by atoms with van der Waals surface area (Å²) in [5, 5.41) is 2.20. The first-order valence-electron chi connectivity index (χ1n) is 7.06. The van der Waals surface area contributed by atoms with E-state index in [1.54, 1.807) is 7.11 Å². The first kappa shape index (κ1) is 14.1. The van der Waals surface area contributed by atoms with E-state index in [0.29, 0.717) is 0 Å². The molecule has 1 aromatic carbocycles. The van der Waals surface area contributed by atoms with Gasteiger partial charge in [-0.25, -0.2) is 0 Å². The highest BCUT2D eigenvalue weighted by atomic mass is 32.1. The van der Waals surface area contributed by atoms with Gasteiger partial charge in [-0.1, -0.05) is 38.3 Å². The van der Waals surface area contributed by atoms with Gasteiger partial charge < -0.3 is 4.74 Å². The van der Waals surface area contributed by atoms with Crippen molar-refractivity contribution in [3.63, 3.8) is 0 Å². The van der Waals surface area contributed by atoms with Crippen LogP contribution in [0.25, 0.3) is 10.4 Å². The lowest BCUT2D eigenvalue weighted by Crippen LogP contribution is -1.87. The molecule has 0 spiro atoms. The van der Waals surface area contributed by atoms with E-state index in [4.69, 9.17) is 4.74 Å². The number of thiophene rings is 1. The Bertz CT molecular complexity index is 501. The molecule has 0 aliphatic heterocycles. The zero-order valence-corrected chi connectivity index (χ0v) is 12.6. The van der Waals surface area contributed by atoms with Crippen LogP contribution in [0.5, 0.6) is 5.75 Å². The smallest absolute Gasteiger partial charge is 0.119 e. The molecule has 0 saturated carbocycles. The summed E-state index contributed by atoms with van der Waals surface area (Å²) < 4.78 is 5.31. The van der Waals surface area contributed by atoms with Gasteiger partial charge in [-0.2, -0.15) is 0 Å². The molecule has 1 nitrogen and oxygen atoms in total. The van der Waals surface area contributed by atoms with Gasteiger partial charge in [0.2, 0.25) is 0 Å². The number of unbranched alkanes of at least 4 members (excludes halogenated alkanes) is 3. The summed E-state index contributed by atoms with van der Waals surface area (Å²) in [5.74, 6) is 0.933. The molecule has 0 N–H and O–H groups in total. The summed E-state index contributed by atoms with van der Waals surface area (Å²) in [4.78, 5) is 1.40. The number of aryl methyl sites for hydroxylation is 1. The van der Waals surface area contributed by atoms with Crippen LogP contribution in [0.3, 0.4) is 0 Å². The predicted octanol–water partition coefficient (Wildman–Crippen LogP) is 5.55. The van der Waals surface area contributed by atoms with Gasteiger partial charge in [-0.15, -0.1) is 11.3 Å². The number of hydrogen-bond acceptors (Lipinski definition) is 2. The molecular weight excluding hydrogens is 252 g/mol. The van der Waals surface area contributed by atoms with Crippen molar-refractivity contribution in [1.29, 1.82) is 0 Å². The van der Waals surface area contributed by atoms with Gasteiger partial charge in [0.05, 0.1) is 7.11 Å². The lowest BCUT2D eigenvalue weighted by atomic mass is 10.0. The minimum Gasteiger partial charge on any atom is -0.497 e. The third kappa shape index (κ3) is 3.84. The molecule has 2 rings (SSSR count). The summed E-state index contributed by atoms with van der Waals surface area (Å²) >= 11 is 1.83. The Morgan fingerprint density at radius 2 is 2.00 bits per heavy atom. The van der Waals surface area contributed by atoms with Gasteiger partial charge in [-0.3, -0.25) is 0 Å². The van der Waals surface area contributed by atoms with Crippen LogP contribution in [0, 0.1) is 0 Å². The van der Waals surface area contributed by atoms with Crippen LogP contribution in [0.1, 0.15) is 38.2 Å². The van der Waals surface area contributed by atoms with Crippen LogP contribution >= 0.6 is 11.3 Å². The zero-order chi connectivity index (χ0) is 13.5. The van der Waals surface area contributed by atoms with E-state index < -0.39 is 0 Å². The normalized spacial score (nSPS) is 10.6. The Morgan fingerprint density at radius 3 is 2.79 bits per heavy atom. The van der Waals surface area contributed by atoms with Crippen LogP contribution in [0.15, 0.2) is 35.7 Å². The molecule has 2 heteroatoms. The van der Waals surface area contributed by atoms with Gasteiger partial charge in [0.1, 0.15) is 5.75 Å². The Hall–Kier alpha value is -1.28. The highest BCUT2D eigenvalue weighted by Gasteiger charge is 2.07. The minimum absolute atomic E-state index is 0.933. The van der Waals surface area contributed by atoms with Gasteiger partial charge in [0.25, 0.3) is 0 Å². The molecule has 0 atom stereocenters. The van der Waals surface area contributed by atoms with Crippen molar-refractivity contribution in [2.75, 3.05) is 7.11 Å². The standard InChI is InChI=1S/C17H22OS/c1-3-4-5-6-8-14-11-12-19-17(14)15-9-7-10-16(13-15)18-2/h7,9-13H,3-6,8H2,1-2H3. The van der Waals surface area contributed by atoms with Crippen molar-refractivity contribution in [3.05, 3.63) is 41.3 Å². The fraction of sp³-hybridized carbons (Fsp3) is 0.412. The predicted molar refractivity (Wildman–Crippen MR) is 84.2 cm³/mol. The minimum atomic E-state index is 0.933. The molecule has 0 amide bonds. The van der Waals surface area contributed by atoms with Crippen molar-refractivity contribution in [2.24, 2.45) is 0 Å². The molecule has 0 radical (unpaired) electrons. The van der Waals surface area contributed by atoms with Crippen LogP contribution in [-0.4, -0.2) is 7.11 Å². The molecule has 0 saturated heterocycles. The molecule has 1 aromatic heterocycles. The Kier molecular flexibility index (Phi) is 5.46. The summed E-state index contributed by atoms with van der Waals surface area (Å²) in [7, 11) is 1.72. The molecule has 102 valence electrons. The highest BCUT2D eigenvalue weighted by Crippen LogP contribution is 2.32. The monoisotopic (exact) mass is 274 g/mol. The second-order valence-corrected chi connectivity index (χ2v) is 5.73. The van der Waals surface area contributed by atoms with Gasteiger partial charge in [-0.05, 0) is 47.5 Å². The number of rotatable bonds is 7. The number of hydrogen-bond donors (Lipinski definition) is 0. The maximum Gasteiger partial charge on any atom is 0.119 e. The second-order valence-electron chi connectivity index (χ2n) is 4.82. The molecule has 19 heavy (non-hydrogen) atoms. The SMILES string of the molecule is CCCCCCc1ccsc1-c1cccc(OC)c1. The fourth-order valence-electron chi connectivity index (χ4n) is 2.29. The summed E-state index contributed by atoms with van der Waals surface area (Å²) in [5.41, 5.74) is 2.76. The third-order valence-corrected chi connectivity index (χ3v) is 4.38. The van der Waals surface area contributed by atoms with Crippen molar-refractivity contribution < 1.29 is 4.74 Å². The molecule has 1 heterocycles. The molecule has 0 fully saturated rings. The van der Waals surface area contributed by atoms with Crippen LogP contribution in [0.2, 0.25) is 0 Å². The highest BCUT2D eigenvalue weighted by molar-refractivity contribution is 7.13. The zero-order valence-electron chi connectivity index (χ0n) is 11.8. The average Bonchev–Trinajstić information content (AvgIpc) is 2.92. The van der Waals surface area contributed by atoms with Crippen molar-refractivity contribution in [1.82, 2.24) is 0 Å². The largest absolute Gasteiger partial charge is 0.497 e. The van der Waals surface area contributed by atoms with E-state index in [-0.39, 0.29) is 0 Å². The second kappa shape index (κ2) is 7.34. The van der Waals surface area contributed by atoms with Gasteiger partial charge in [0, 0.05) is 4.88 Å². The van der Waals surface area contributed by atoms with E-state index in [1.165, 1.54) is 48.1 Å². The van der Waals surface area contributed by atoms with E-state index in [2.05, 4.69) is 36.6 Å². The van der Waals surface area contributed by atoms with Crippen molar-refractivity contribution >= 4 is 11.3 Å². The Labute approximate surface area is 120 Å². The van der Waals surface area contributed by atoms with Crippen LogP contribution in [-0.2, 0) is 6.42 Å². The molecule has 0 aliphatic carbocycles. The maximum atomic E-state index is 5.31. The summed E-state index contributed by atoms with van der Waals surface area (Å²) in [6.45, 7) is 2.26. The molecule has 2 aromatic rings. The lowest BCUT2D eigenvalue weighted by Gasteiger charge is -2.06. The van der Waals surface area contributed by atoms with E-state index in [1.807, 2.05) is 17.4 Å². The van der Waals surface area contributed by atoms with Gasteiger partial charge in [0.15, 0.2) is 0 Å². The fourth-order valence-corrected chi connectivity index (χ4v) is 3.25. The van der Waals surface area contributed by atoms with Crippen LogP contribution in [0.4, 0.5) is 0 Å². The summed E-state index contributed by atoms with van der Waals surface area (Å²) in [6, 6.07) is 10.6. The number of methoxy groups -OCH3 is 1. The van der Waals surface area contributed by atoms with Crippen molar-refractivity contribution in [2.45, 2.75) is 39.0 Å².